The number of pyridine rings is 1. The summed E-state index contributed by atoms with van der Waals surface area (Å²) in [7, 11) is 3.06. The first kappa shape index (κ1) is 38.0. The number of piperazine rings is 1. The number of amides is 2. The van der Waals surface area contributed by atoms with Crippen molar-refractivity contribution in [3.63, 3.8) is 0 Å². The van der Waals surface area contributed by atoms with Crippen molar-refractivity contribution in [3.05, 3.63) is 69.3 Å². The summed E-state index contributed by atoms with van der Waals surface area (Å²) < 4.78 is 17.2. The first-order chi connectivity index (χ1) is 25.7. The van der Waals surface area contributed by atoms with Crippen LogP contribution in [0.15, 0.2) is 42.6 Å². The number of nitriles is 1. The summed E-state index contributed by atoms with van der Waals surface area (Å²) in [5.41, 5.74) is 5.80. The number of fused-ring (bicyclic) bond motifs is 2. The maximum absolute atomic E-state index is 13.1. The number of benzene rings is 3. The van der Waals surface area contributed by atoms with Gasteiger partial charge in [-0.1, -0.05) is 23.2 Å². The quantitative estimate of drug-likeness (QED) is 0.0485. The Labute approximate surface area is 321 Å². The molecule has 0 bridgehead atoms. The van der Waals surface area contributed by atoms with Gasteiger partial charge >= 0.3 is 0 Å². The number of anilines is 4. The van der Waals surface area contributed by atoms with Gasteiger partial charge in [0.25, 0.3) is 11.8 Å². The highest BCUT2D eigenvalue weighted by atomic mass is 35.5. The lowest BCUT2D eigenvalue weighted by Gasteiger charge is -2.37. The molecular weight excluding hydrogens is 745 g/mol. The number of carbonyl (C=O) groups is 2. The Kier molecular flexibility index (Phi) is 12.2. The number of unbranched alkanes of at least 4 members (excludes halogenated alkanes) is 1. The number of methoxy groups -OCH3 is 2. The molecule has 13 nitrogen and oxygen atoms in total. The Bertz CT molecular complexity index is 2070. The number of ether oxygens (including phenoxy) is 3. The molecule has 2 aliphatic heterocycles. The van der Waals surface area contributed by atoms with Crippen LogP contribution in [0, 0.1) is 11.3 Å². The average Bonchev–Trinajstić information content (AvgIpc) is 3.40. The van der Waals surface area contributed by atoms with Crippen LogP contribution < -0.4 is 29.9 Å². The molecule has 2 amide bonds. The lowest BCUT2D eigenvalue weighted by Crippen LogP contribution is -2.47. The van der Waals surface area contributed by atoms with Crippen molar-refractivity contribution in [1.82, 2.24) is 14.8 Å². The highest BCUT2D eigenvalue weighted by Crippen LogP contribution is 2.41. The van der Waals surface area contributed by atoms with Gasteiger partial charge < -0.3 is 24.4 Å². The van der Waals surface area contributed by atoms with Crippen LogP contribution >= 0.6 is 34.8 Å². The van der Waals surface area contributed by atoms with Gasteiger partial charge in [0.05, 0.1) is 75.8 Å². The van der Waals surface area contributed by atoms with Crippen molar-refractivity contribution in [2.24, 2.45) is 0 Å². The van der Waals surface area contributed by atoms with E-state index in [4.69, 9.17) is 49.0 Å². The zero-order valence-electron chi connectivity index (χ0n) is 29.2. The summed E-state index contributed by atoms with van der Waals surface area (Å²) in [5, 5.41) is 24.4. The minimum atomic E-state index is -0.358. The van der Waals surface area contributed by atoms with Crippen LogP contribution in [0.2, 0.25) is 10.0 Å². The second-order valence-corrected chi connectivity index (χ2v) is 13.7. The van der Waals surface area contributed by atoms with Crippen molar-refractivity contribution >= 4 is 80.3 Å². The van der Waals surface area contributed by atoms with Gasteiger partial charge in [0.2, 0.25) is 0 Å². The zero-order chi connectivity index (χ0) is 37.6. The molecule has 0 aliphatic carbocycles. The van der Waals surface area contributed by atoms with Gasteiger partial charge in [-0.2, -0.15) is 5.26 Å². The monoisotopic (exact) mass is 781 g/mol. The van der Waals surface area contributed by atoms with Crippen LogP contribution in [0.5, 0.6) is 17.2 Å². The van der Waals surface area contributed by atoms with Crippen molar-refractivity contribution < 1.29 is 29.0 Å². The van der Waals surface area contributed by atoms with Crippen molar-refractivity contribution in [1.29, 1.82) is 5.26 Å². The molecule has 1 aromatic heterocycles. The fraction of sp³-hybridized carbons (Fsp3) is 0.351. The second kappa shape index (κ2) is 17.0. The minimum absolute atomic E-state index is 0.284. The largest absolute Gasteiger partial charge is 0.495 e. The molecule has 6 rings (SSSR count). The van der Waals surface area contributed by atoms with Gasteiger partial charge in [-0.25, -0.2) is 0 Å². The first-order valence-corrected chi connectivity index (χ1v) is 18.3. The lowest BCUT2D eigenvalue weighted by atomic mass is 10.1. The number of alkyl halides is 1. The summed E-state index contributed by atoms with van der Waals surface area (Å²) >= 11 is 18.5. The molecule has 3 heterocycles. The van der Waals surface area contributed by atoms with Crippen LogP contribution in [0.25, 0.3) is 10.9 Å². The van der Waals surface area contributed by atoms with Crippen LogP contribution in [-0.2, 0) is 0 Å². The molecule has 0 unspecified atom stereocenters. The Morgan fingerprint density at radius 2 is 1.60 bits per heavy atom. The fourth-order valence-corrected chi connectivity index (χ4v) is 7.23. The van der Waals surface area contributed by atoms with E-state index in [9.17, 15) is 20.1 Å². The highest BCUT2D eigenvalue weighted by molar-refractivity contribution is 6.37. The van der Waals surface area contributed by atoms with Gasteiger partial charge in [-0.15, -0.1) is 11.6 Å². The Balaban J connectivity index is 1.07. The molecule has 2 aliphatic rings. The zero-order valence-corrected chi connectivity index (χ0v) is 31.4. The number of hydrogen-bond acceptors (Lipinski definition) is 12. The molecule has 3 aromatic carbocycles. The topological polar surface area (TPSA) is 153 Å². The summed E-state index contributed by atoms with van der Waals surface area (Å²) in [5.74, 6) is 1.21. The van der Waals surface area contributed by atoms with Crippen LogP contribution in [0.4, 0.5) is 22.7 Å². The normalized spacial score (nSPS) is 14.4. The third kappa shape index (κ3) is 7.97. The number of nitrogens with one attached hydrogen (secondary N) is 2. The standard InChI is InChI=1S/C37H38Cl3N7O6/c1-51-32-19-29(26(39)17-27(32)40)43-35-22(20-41)21-42-28-18-34(33(52-2)16-25(28)35)53-13-5-7-45-9-11-46(12-10-45)31-15-24-23(14-30(31)44-50)36(48)47(37(24)49)8-4-3-6-38/h14-19,21,44,50H,3-13H2,1-2H3,(H,42,43). The summed E-state index contributed by atoms with van der Waals surface area (Å²) in [6.45, 7) is 4.34. The number of carbonyl (C=O) groups excluding carboxylic acids is 2. The molecule has 1 saturated heterocycles. The highest BCUT2D eigenvalue weighted by Gasteiger charge is 2.37. The van der Waals surface area contributed by atoms with Gasteiger partial charge in [-0.3, -0.25) is 35.1 Å². The Morgan fingerprint density at radius 3 is 2.28 bits per heavy atom. The molecule has 0 atom stereocenters. The first-order valence-electron chi connectivity index (χ1n) is 17.0. The van der Waals surface area contributed by atoms with Gasteiger partial charge in [0, 0.05) is 68.9 Å². The number of rotatable bonds is 15. The summed E-state index contributed by atoms with van der Waals surface area (Å²) in [4.78, 5) is 36.2. The number of halogens is 3. The van der Waals surface area contributed by atoms with Gasteiger partial charge in [0.1, 0.15) is 11.8 Å². The molecule has 0 radical (unpaired) electrons. The van der Waals surface area contributed by atoms with Crippen molar-refractivity contribution in [2.45, 2.75) is 19.3 Å². The molecule has 1 fully saturated rings. The van der Waals surface area contributed by atoms with E-state index < -0.39 is 0 Å². The molecule has 0 saturated carbocycles. The second-order valence-electron chi connectivity index (χ2n) is 12.5. The van der Waals surface area contributed by atoms with E-state index in [-0.39, 0.29) is 17.4 Å². The van der Waals surface area contributed by atoms with E-state index in [1.807, 2.05) is 0 Å². The molecule has 4 aromatic rings. The summed E-state index contributed by atoms with van der Waals surface area (Å²) in [6.07, 6.45) is 3.57. The molecule has 278 valence electrons. The number of aromatic nitrogens is 1. The smallest absolute Gasteiger partial charge is 0.261 e. The lowest BCUT2D eigenvalue weighted by molar-refractivity contribution is 0.0652. The van der Waals surface area contributed by atoms with Crippen LogP contribution in [0.3, 0.4) is 0 Å². The molecule has 16 heteroatoms. The number of hydrogen-bond donors (Lipinski definition) is 3. The van der Waals surface area contributed by atoms with E-state index in [1.165, 1.54) is 18.2 Å². The molecule has 0 spiro atoms. The summed E-state index contributed by atoms with van der Waals surface area (Å²) in [6, 6.07) is 12.2. The van der Waals surface area contributed by atoms with Crippen molar-refractivity contribution in [2.75, 3.05) is 81.7 Å². The van der Waals surface area contributed by atoms with Crippen LogP contribution in [-0.4, -0.2) is 97.8 Å². The van der Waals surface area contributed by atoms with Crippen molar-refractivity contribution in [3.8, 4) is 23.3 Å². The maximum atomic E-state index is 13.1. The minimum Gasteiger partial charge on any atom is -0.495 e. The van der Waals surface area contributed by atoms with E-state index >= 15 is 0 Å². The third-order valence-corrected chi connectivity index (χ3v) is 10.2. The van der Waals surface area contributed by atoms with Crippen LogP contribution in [0.1, 0.15) is 45.5 Å². The van der Waals surface area contributed by atoms with Gasteiger partial charge in [0.15, 0.2) is 11.5 Å². The average molecular weight is 783 g/mol. The SMILES string of the molecule is COc1cc(Nc2c(C#N)cnc3cc(OCCCN4CCN(c5cc6c(cc5NO)C(=O)N(CCCCCl)C6=O)CC4)c(OC)cc23)c(Cl)cc1Cl. The fourth-order valence-electron chi connectivity index (χ4n) is 6.53. The van der Waals surface area contributed by atoms with E-state index in [1.54, 1.807) is 43.5 Å². The van der Waals surface area contributed by atoms with E-state index in [2.05, 4.69) is 31.6 Å². The predicted molar refractivity (Wildman–Crippen MR) is 205 cm³/mol. The number of nitrogens with zero attached hydrogens (tertiary/aromatic N) is 5. The van der Waals surface area contributed by atoms with E-state index in [0.717, 1.165) is 26.1 Å². The molecule has 53 heavy (non-hydrogen) atoms. The molecule has 3 N–H and O–H groups in total. The predicted octanol–water partition coefficient (Wildman–Crippen LogP) is 7.18. The van der Waals surface area contributed by atoms with E-state index in [0.29, 0.717) is 117 Å². The molecular formula is C37H38Cl3N7O6. The maximum Gasteiger partial charge on any atom is 0.261 e. The number of imide groups is 1. The third-order valence-electron chi connectivity index (χ3n) is 9.34. The Hall–Kier alpha value is -4.71. The Morgan fingerprint density at radius 1 is 0.868 bits per heavy atom. The van der Waals surface area contributed by atoms with Gasteiger partial charge in [-0.05, 0) is 43.5 Å².